The number of ether oxygens (including phenoxy) is 3. The van der Waals surface area contributed by atoms with Crippen LogP contribution in [0.1, 0.15) is 42.4 Å². The molecule has 286 valence electrons. The number of benzene rings is 4. The third-order valence-electron chi connectivity index (χ3n) is 9.27. The number of aliphatic carboxylic acids is 1. The first-order chi connectivity index (χ1) is 26.4. The molecule has 54 heavy (non-hydrogen) atoms. The highest BCUT2D eigenvalue weighted by Crippen LogP contribution is 2.36. The molecule has 2 heterocycles. The largest absolute Gasteiger partial charge is 0.494 e. The fourth-order valence-corrected chi connectivity index (χ4v) is 6.79. The third-order valence-corrected chi connectivity index (χ3v) is 10.0. The number of aromatic nitrogens is 2. The van der Waals surface area contributed by atoms with E-state index in [2.05, 4.69) is 25.8 Å². The van der Waals surface area contributed by atoms with Crippen LogP contribution in [0.2, 0.25) is 10.0 Å². The van der Waals surface area contributed by atoms with Crippen LogP contribution in [-0.4, -0.2) is 83.4 Å². The lowest BCUT2D eigenvalue weighted by Crippen LogP contribution is -2.39. The van der Waals surface area contributed by atoms with Crippen molar-refractivity contribution >= 4 is 40.2 Å². The highest BCUT2D eigenvalue weighted by Gasteiger charge is 2.19. The molecule has 0 aliphatic carbocycles. The van der Waals surface area contributed by atoms with Gasteiger partial charge in [-0.3, -0.25) is 10.1 Å². The monoisotopic (exact) mass is 777 g/mol. The van der Waals surface area contributed by atoms with Crippen molar-refractivity contribution in [3.63, 3.8) is 0 Å². The number of hydrogen-bond donors (Lipinski definition) is 4. The van der Waals surface area contributed by atoms with Crippen molar-refractivity contribution < 1.29 is 33.8 Å². The molecule has 1 atom stereocenters. The summed E-state index contributed by atoms with van der Waals surface area (Å²) in [5.41, 5.74) is 5.11. The van der Waals surface area contributed by atoms with Crippen LogP contribution < -0.4 is 24.8 Å². The van der Waals surface area contributed by atoms with Gasteiger partial charge in [0.25, 0.3) is 0 Å². The molecule has 6 rings (SSSR count). The summed E-state index contributed by atoms with van der Waals surface area (Å²) >= 11 is 13.7. The Morgan fingerprint density at radius 1 is 0.870 bits per heavy atom. The number of carboxylic acid groups (broad SMARTS) is 1. The Bertz CT molecular complexity index is 1990. The van der Waals surface area contributed by atoms with Gasteiger partial charge in [-0.25, -0.2) is 4.63 Å². The van der Waals surface area contributed by atoms with Crippen molar-refractivity contribution in [3.05, 3.63) is 99.5 Å². The van der Waals surface area contributed by atoms with Crippen LogP contribution >= 0.6 is 23.2 Å². The molecule has 0 radical (unpaired) electrons. The number of halogens is 2. The summed E-state index contributed by atoms with van der Waals surface area (Å²) in [5, 5.41) is 33.8. The molecule has 0 unspecified atom stereocenters. The smallest absolute Gasteiger partial charge is 0.323 e. The second-order valence-electron chi connectivity index (χ2n) is 13.2. The van der Waals surface area contributed by atoms with Crippen molar-refractivity contribution in [2.45, 2.75) is 51.5 Å². The van der Waals surface area contributed by atoms with Crippen molar-refractivity contribution in [3.8, 4) is 28.4 Å². The van der Waals surface area contributed by atoms with Crippen LogP contribution in [0.5, 0.6) is 17.2 Å². The zero-order chi connectivity index (χ0) is 37.7. The van der Waals surface area contributed by atoms with Gasteiger partial charge in [0.15, 0.2) is 0 Å². The summed E-state index contributed by atoms with van der Waals surface area (Å²) in [6.07, 6.45) is 4.89. The Morgan fingerprint density at radius 3 is 2.52 bits per heavy atom. The van der Waals surface area contributed by atoms with E-state index in [-0.39, 0.29) is 19.8 Å². The molecule has 4 aromatic carbocycles. The van der Waals surface area contributed by atoms with Crippen LogP contribution in [0.4, 0.5) is 0 Å². The minimum Gasteiger partial charge on any atom is -0.494 e. The predicted molar refractivity (Wildman–Crippen MR) is 207 cm³/mol. The van der Waals surface area contributed by atoms with Gasteiger partial charge in [0.1, 0.15) is 47.5 Å². The number of carboxylic acids is 1. The molecule has 14 heteroatoms. The summed E-state index contributed by atoms with van der Waals surface area (Å²) in [5.74, 6) is 0.355. The summed E-state index contributed by atoms with van der Waals surface area (Å²) < 4.78 is 23.3. The van der Waals surface area contributed by atoms with E-state index in [1.54, 1.807) is 24.3 Å². The number of fused-ring (bicyclic) bond motifs is 1. The molecule has 0 spiro atoms. The quantitative estimate of drug-likeness (QED) is 0.0620. The van der Waals surface area contributed by atoms with Crippen LogP contribution in [0, 0.1) is 0 Å². The molecule has 5 aromatic rings. The summed E-state index contributed by atoms with van der Waals surface area (Å²) in [6.45, 7) is 5.80. The van der Waals surface area contributed by atoms with Gasteiger partial charge in [0.2, 0.25) is 0 Å². The molecule has 0 amide bonds. The van der Waals surface area contributed by atoms with E-state index in [0.717, 1.165) is 54.1 Å². The van der Waals surface area contributed by atoms with E-state index < -0.39 is 18.6 Å². The maximum Gasteiger partial charge on any atom is 0.323 e. The lowest BCUT2D eigenvalue weighted by atomic mass is 10.0. The number of aliphatic hydroxyl groups is 1. The molecule has 4 N–H and O–H groups in total. The van der Waals surface area contributed by atoms with Gasteiger partial charge in [0.05, 0.1) is 23.3 Å². The lowest BCUT2D eigenvalue weighted by molar-refractivity contribution is -0.140. The van der Waals surface area contributed by atoms with E-state index in [1.165, 1.54) is 32.4 Å². The maximum absolute atomic E-state index is 11.5. The van der Waals surface area contributed by atoms with Gasteiger partial charge in [-0.2, -0.15) is 0 Å². The topological polar surface area (TPSA) is 151 Å². The van der Waals surface area contributed by atoms with Crippen LogP contribution in [0.15, 0.2) is 77.4 Å². The second-order valence-corrected chi connectivity index (χ2v) is 14.0. The average Bonchev–Trinajstić information content (AvgIpc) is 3.66. The third kappa shape index (κ3) is 10.8. The molecular formula is C40H45Cl2N5O7. The molecule has 0 saturated carbocycles. The molecular weight excluding hydrogens is 733 g/mol. The Balaban J connectivity index is 1.08. The van der Waals surface area contributed by atoms with E-state index in [1.807, 2.05) is 48.5 Å². The van der Waals surface area contributed by atoms with Gasteiger partial charge in [-0.15, -0.1) is 0 Å². The number of aliphatic hydroxyl groups excluding tert-OH is 1. The highest BCUT2D eigenvalue weighted by molar-refractivity contribution is 6.34. The normalized spacial score (nSPS) is 13.9. The van der Waals surface area contributed by atoms with Crippen LogP contribution in [-0.2, 0) is 24.6 Å². The summed E-state index contributed by atoms with van der Waals surface area (Å²) in [7, 11) is 0. The summed E-state index contributed by atoms with van der Waals surface area (Å²) in [6, 6.07) is 21.2. The Morgan fingerprint density at radius 2 is 1.69 bits per heavy atom. The highest BCUT2D eigenvalue weighted by atomic mass is 35.5. The minimum absolute atomic E-state index is 0.0610. The van der Waals surface area contributed by atoms with Gasteiger partial charge in [-0.1, -0.05) is 66.0 Å². The van der Waals surface area contributed by atoms with Gasteiger partial charge in [0, 0.05) is 42.4 Å². The SMILES string of the molecule is O=C(O)[C@@H](CO)NCc1cc(Cl)c(OCc2cccc(-c3cccc(OCCCNCCN4CCCCC4)c3)c2Cl)cc1OCc1ccc2nonc2c1. The number of nitrogens with zero attached hydrogens (tertiary/aromatic N) is 3. The van der Waals surface area contributed by atoms with E-state index in [4.69, 9.17) is 42.0 Å². The zero-order valence-electron chi connectivity index (χ0n) is 29.9. The molecule has 1 aliphatic heterocycles. The fraction of sp³-hybridized carbons (Fsp3) is 0.375. The molecule has 1 aliphatic rings. The number of rotatable bonds is 20. The predicted octanol–water partition coefficient (Wildman–Crippen LogP) is 6.73. The van der Waals surface area contributed by atoms with Crippen molar-refractivity contribution in [1.29, 1.82) is 0 Å². The molecule has 1 aromatic heterocycles. The Labute approximate surface area is 324 Å². The lowest BCUT2D eigenvalue weighted by Gasteiger charge is -2.26. The maximum atomic E-state index is 11.5. The van der Waals surface area contributed by atoms with Crippen LogP contribution in [0.25, 0.3) is 22.2 Å². The molecule has 1 fully saturated rings. The van der Waals surface area contributed by atoms with Gasteiger partial charge >= 0.3 is 5.97 Å². The first kappa shape index (κ1) is 39.3. The average molecular weight is 779 g/mol. The number of nitrogens with one attached hydrogen (secondary N) is 2. The Hall–Kier alpha value is -4.43. The van der Waals surface area contributed by atoms with E-state index in [9.17, 15) is 15.0 Å². The minimum atomic E-state index is -1.18. The molecule has 12 nitrogen and oxygen atoms in total. The van der Waals surface area contributed by atoms with Gasteiger partial charge in [-0.05, 0) is 90.7 Å². The van der Waals surface area contributed by atoms with Crippen LogP contribution in [0.3, 0.4) is 0 Å². The fourth-order valence-electron chi connectivity index (χ4n) is 6.26. The van der Waals surface area contributed by atoms with Crippen molar-refractivity contribution in [2.24, 2.45) is 0 Å². The Kier molecular flexibility index (Phi) is 14.4. The number of likely N-dealkylation sites (tertiary alicyclic amines) is 1. The standard InChI is InChI=1S/C40H45Cl2N5O7/c41-33-21-30(23-44-36(24-48)40(49)50)37(52-25-27-11-12-34-35(19-27)46-54-45-34)22-38(33)53-26-29-8-5-10-32(39(29)42)28-7-4-9-31(20-28)51-18-6-13-43-14-17-47-15-2-1-3-16-47/h4-5,7-12,19-22,36,43-44,48H,1-3,6,13-18,23-26H2,(H,49,50)/t36-/m1/s1. The molecule has 1 saturated heterocycles. The van der Waals surface area contributed by atoms with Crippen molar-refractivity contribution in [2.75, 3.05) is 45.9 Å². The van der Waals surface area contributed by atoms with E-state index >= 15 is 0 Å². The van der Waals surface area contributed by atoms with Crippen molar-refractivity contribution in [1.82, 2.24) is 25.8 Å². The van der Waals surface area contributed by atoms with Gasteiger partial charge < -0.3 is 34.6 Å². The first-order valence-corrected chi connectivity index (χ1v) is 18.9. The summed E-state index contributed by atoms with van der Waals surface area (Å²) in [4.78, 5) is 14.0. The number of carbonyl (C=O) groups is 1. The number of hydrogen-bond acceptors (Lipinski definition) is 11. The second kappa shape index (κ2) is 19.8. The molecule has 0 bridgehead atoms. The first-order valence-electron chi connectivity index (χ1n) is 18.2. The number of piperidine rings is 1. The zero-order valence-corrected chi connectivity index (χ0v) is 31.5. The van der Waals surface area contributed by atoms with E-state index in [0.29, 0.717) is 44.7 Å².